The van der Waals surface area contributed by atoms with Gasteiger partial charge in [0.25, 0.3) is 0 Å². The Hall–Kier alpha value is -1.42. The molecule has 2 aromatic rings. The summed E-state index contributed by atoms with van der Waals surface area (Å²) in [6, 6.07) is 9.65. The number of rotatable bonds is 4. The van der Waals surface area contributed by atoms with Gasteiger partial charge in [0, 0.05) is 22.3 Å². The summed E-state index contributed by atoms with van der Waals surface area (Å²) in [7, 11) is 0. The van der Waals surface area contributed by atoms with Gasteiger partial charge in [0.1, 0.15) is 0 Å². The predicted octanol–water partition coefficient (Wildman–Crippen LogP) is 3.65. The Morgan fingerprint density at radius 1 is 1.39 bits per heavy atom. The number of hydrogen-bond donors (Lipinski definition) is 0. The van der Waals surface area contributed by atoms with Gasteiger partial charge in [-0.25, -0.2) is 0 Å². The lowest BCUT2D eigenvalue weighted by molar-refractivity contribution is 0.0991. The summed E-state index contributed by atoms with van der Waals surface area (Å²) in [4.78, 5) is 12.1. The van der Waals surface area contributed by atoms with Crippen LogP contribution in [0.1, 0.15) is 35.9 Å². The molecule has 0 atom stereocenters. The van der Waals surface area contributed by atoms with Gasteiger partial charge in [-0.15, -0.1) is 0 Å². The van der Waals surface area contributed by atoms with Crippen molar-refractivity contribution in [3.63, 3.8) is 0 Å². The van der Waals surface area contributed by atoms with E-state index in [1.807, 2.05) is 41.2 Å². The Kier molecular flexibility index (Phi) is 3.97. The Balaban J connectivity index is 2.11. The quantitative estimate of drug-likeness (QED) is 0.808. The fourth-order valence-electron chi connectivity index (χ4n) is 1.69. The first-order chi connectivity index (χ1) is 8.56. The molecule has 94 valence electrons. The third kappa shape index (κ3) is 3.07. The molecule has 2 rings (SSSR count). The van der Waals surface area contributed by atoms with E-state index in [9.17, 15) is 4.79 Å². The summed E-state index contributed by atoms with van der Waals surface area (Å²) < 4.78 is 2.78. The van der Waals surface area contributed by atoms with Crippen molar-refractivity contribution in [1.82, 2.24) is 9.78 Å². The summed E-state index contributed by atoms with van der Waals surface area (Å²) in [5.74, 6) is 0.0882. The Morgan fingerprint density at radius 2 is 2.17 bits per heavy atom. The fourth-order valence-corrected chi connectivity index (χ4v) is 2.09. The van der Waals surface area contributed by atoms with Crippen LogP contribution in [-0.2, 0) is 6.42 Å². The zero-order chi connectivity index (χ0) is 13.1. The van der Waals surface area contributed by atoms with Crippen LogP contribution in [0.4, 0.5) is 0 Å². The highest BCUT2D eigenvalue weighted by Gasteiger charge is 2.10. The number of carbonyl (C=O) groups is 1. The minimum atomic E-state index is 0.0882. The summed E-state index contributed by atoms with van der Waals surface area (Å²) in [5, 5.41) is 4.38. The van der Waals surface area contributed by atoms with Gasteiger partial charge in [-0.05, 0) is 32.0 Å². The standard InChI is InChI=1S/C14H15BrN2O/c1-10(2)17-7-6-13(16-17)9-14(18)11-4-3-5-12(15)8-11/h3-8,10H,9H2,1-2H3. The minimum absolute atomic E-state index is 0.0882. The van der Waals surface area contributed by atoms with Gasteiger partial charge in [-0.3, -0.25) is 9.48 Å². The van der Waals surface area contributed by atoms with Crippen LogP contribution in [0, 0.1) is 0 Å². The van der Waals surface area contributed by atoms with Crippen molar-refractivity contribution in [3.8, 4) is 0 Å². The third-order valence-corrected chi connectivity index (χ3v) is 3.17. The van der Waals surface area contributed by atoms with Crippen LogP contribution in [0.25, 0.3) is 0 Å². The van der Waals surface area contributed by atoms with Gasteiger partial charge < -0.3 is 0 Å². The van der Waals surface area contributed by atoms with Crippen molar-refractivity contribution in [3.05, 3.63) is 52.3 Å². The highest BCUT2D eigenvalue weighted by Crippen LogP contribution is 2.14. The third-order valence-electron chi connectivity index (χ3n) is 2.68. The number of ketones is 1. The molecule has 0 amide bonds. The average molecular weight is 307 g/mol. The molecule has 0 bridgehead atoms. The molecule has 0 saturated heterocycles. The zero-order valence-corrected chi connectivity index (χ0v) is 12.0. The number of carbonyl (C=O) groups excluding carboxylic acids is 1. The van der Waals surface area contributed by atoms with Crippen molar-refractivity contribution in [2.75, 3.05) is 0 Å². The molecule has 1 aromatic carbocycles. The number of aromatic nitrogens is 2. The molecule has 1 aromatic heterocycles. The Morgan fingerprint density at radius 3 is 2.78 bits per heavy atom. The summed E-state index contributed by atoms with van der Waals surface area (Å²) in [6.45, 7) is 4.12. The number of Topliss-reactive ketones (excluding diaryl/α,β-unsaturated/α-hetero) is 1. The fraction of sp³-hybridized carbons (Fsp3) is 0.286. The molecular formula is C14H15BrN2O. The molecule has 3 nitrogen and oxygen atoms in total. The smallest absolute Gasteiger partial charge is 0.168 e. The first kappa shape index (κ1) is 13.0. The lowest BCUT2D eigenvalue weighted by Crippen LogP contribution is -2.06. The van der Waals surface area contributed by atoms with E-state index in [0.717, 1.165) is 10.2 Å². The van der Waals surface area contributed by atoms with Crippen molar-refractivity contribution >= 4 is 21.7 Å². The van der Waals surface area contributed by atoms with Crippen LogP contribution in [0.3, 0.4) is 0 Å². The van der Waals surface area contributed by atoms with Crippen LogP contribution in [0.5, 0.6) is 0 Å². The average Bonchev–Trinajstić information content (AvgIpc) is 2.77. The van der Waals surface area contributed by atoms with Crippen LogP contribution >= 0.6 is 15.9 Å². The molecule has 0 N–H and O–H groups in total. The van der Waals surface area contributed by atoms with Crippen molar-refractivity contribution in [2.24, 2.45) is 0 Å². The van der Waals surface area contributed by atoms with Crippen LogP contribution < -0.4 is 0 Å². The monoisotopic (exact) mass is 306 g/mol. The number of nitrogens with zero attached hydrogens (tertiary/aromatic N) is 2. The highest BCUT2D eigenvalue weighted by molar-refractivity contribution is 9.10. The van der Waals surface area contributed by atoms with Gasteiger partial charge in [-0.2, -0.15) is 5.10 Å². The van der Waals surface area contributed by atoms with E-state index < -0.39 is 0 Å². The van der Waals surface area contributed by atoms with Crippen LogP contribution in [-0.4, -0.2) is 15.6 Å². The van der Waals surface area contributed by atoms with Gasteiger partial charge in [0.2, 0.25) is 0 Å². The summed E-state index contributed by atoms with van der Waals surface area (Å²) >= 11 is 3.37. The van der Waals surface area contributed by atoms with E-state index in [4.69, 9.17) is 0 Å². The molecular weight excluding hydrogens is 292 g/mol. The van der Waals surface area contributed by atoms with Gasteiger partial charge in [-0.1, -0.05) is 28.1 Å². The molecule has 0 aliphatic heterocycles. The second-order valence-corrected chi connectivity index (χ2v) is 5.41. The molecule has 0 aliphatic rings. The first-order valence-corrected chi connectivity index (χ1v) is 6.68. The molecule has 1 heterocycles. The second-order valence-electron chi connectivity index (χ2n) is 4.49. The molecule has 4 heteroatoms. The highest BCUT2D eigenvalue weighted by atomic mass is 79.9. The largest absolute Gasteiger partial charge is 0.294 e. The molecule has 0 aliphatic carbocycles. The Bertz CT molecular complexity index is 560. The van der Waals surface area contributed by atoms with E-state index in [1.165, 1.54) is 0 Å². The maximum Gasteiger partial charge on any atom is 0.168 e. The predicted molar refractivity (Wildman–Crippen MR) is 74.8 cm³/mol. The Labute approximate surface area is 115 Å². The molecule has 0 spiro atoms. The van der Waals surface area contributed by atoms with E-state index in [-0.39, 0.29) is 5.78 Å². The lowest BCUT2D eigenvalue weighted by Gasteiger charge is -2.04. The van der Waals surface area contributed by atoms with E-state index in [1.54, 1.807) is 0 Å². The molecule has 0 fully saturated rings. The zero-order valence-electron chi connectivity index (χ0n) is 10.4. The molecule has 0 radical (unpaired) electrons. The summed E-state index contributed by atoms with van der Waals surface area (Å²) in [5.41, 5.74) is 1.53. The molecule has 0 unspecified atom stereocenters. The van der Waals surface area contributed by atoms with Crippen LogP contribution in [0.15, 0.2) is 41.0 Å². The van der Waals surface area contributed by atoms with Gasteiger partial charge >= 0.3 is 0 Å². The van der Waals surface area contributed by atoms with Gasteiger partial charge in [0.05, 0.1) is 12.1 Å². The number of hydrogen-bond acceptors (Lipinski definition) is 2. The second kappa shape index (κ2) is 5.48. The maximum atomic E-state index is 12.1. The maximum absolute atomic E-state index is 12.1. The molecule has 18 heavy (non-hydrogen) atoms. The number of benzene rings is 1. The van der Waals surface area contributed by atoms with Crippen molar-refractivity contribution in [2.45, 2.75) is 26.3 Å². The van der Waals surface area contributed by atoms with Gasteiger partial charge in [0.15, 0.2) is 5.78 Å². The van der Waals surface area contributed by atoms with Crippen molar-refractivity contribution < 1.29 is 4.79 Å². The summed E-state index contributed by atoms with van der Waals surface area (Å²) in [6.07, 6.45) is 2.25. The first-order valence-electron chi connectivity index (χ1n) is 5.89. The molecule has 0 saturated carbocycles. The topological polar surface area (TPSA) is 34.9 Å². The van der Waals surface area contributed by atoms with E-state index >= 15 is 0 Å². The SMILES string of the molecule is CC(C)n1ccc(CC(=O)c2cccc(Br)c2)n1. The normalized spacial score (nSPS) is 10.9. The number of halogens is 1. The van der Waals surface area contributed by atoms with E-state index in [0.29, 0.717) is 18.0 Å². The van der Waals surface area contributed by atoms with E-state index in [2.05, 4.69) is 34.9 Å². The van der Waals surface area contributed by atoms with Crippen molar-refractivity contribution in [1.29, 1.82) is 0 Å². The lowest BCUT2D eigenvalue weighted by atomic mass is 10.1. The van der Waals surface area contributed by atoms with Crippen LogP contribution in [0.2, 0.25) is 0 Å². The minimum Gasteiger partial charge on any atom is -0.294 e.